The Morgan fingerprint density at radius 1 is 1.15 bits per heavy atom. The smallest absolute Gasteiger partial charge is 0.309 e. The number of aliphatic carboxylic acids is 1. The zero-order valence-electron chi connectivity index (χ0n) is 12.0. The van der Waals surface area contributed by atoms with Crippen molar-refractivity contribution >= 4 is 11.9 Å². The minimum Gasteiger partial charge on any atom is -0.481 e. The molecule has 0 saturated carbocycles. The largest absolute Gasteiger partial charge is 0.481 e. The molecule has 1 amide bonds. The molecule has 0 aromatic heterocycles. The number of carbonyl (C=O) groups excluding carboxylic acids is 1. The van der Waals surface area contributed by atoms with Gasteiger partial charge in [0, 0.05) is 6.42 Å². The van der Waals surface area contributed by atoms with E-state index in [1.807, 2.05) is 18.2 Å². The van der Waals surface area contributed by atoms with Crippen LogP contribution in [0.4, 0.5) is 0 Å². The van der Waals surface area contributed by atoms with Crippen LogP contribution in [0.15, 0.2) is 30.3 Å². The highest BCUT2D eigenvalue weighted by molar-refractivity contribution is 5.84. The highest BCUT2D eigenvalue weighted by atomic mass is 16.4. The summed E-state index contributed by atoms with van der Waals surface area (Å²) in [5, 5.41) is 21.3. The van der Waals surface area contributed by atoms with E-state index in [-0.39, 0.29) is 13.0 Å². The molecule has 5 heteroatoms. The van der Waals surface area contributed by atoms with Crippen LogP contribution >= 0.6 is 0 Å². The minimum absolute atomic E-state index is 0.148. The maximum absolute atomic E-state index is 12.0. The molecular formula is C15H21NO4. The van der Waals surface area contributed by atoms with Gasteiger partial charge in [-0.25, -0.2) is 0 Å². The van der Waals surface area contributed by atoms with Crippen LogP contribution in [0.3, 0.4) is 0 Å². The second-order valence-corrected chi connectivity index (χ2v) is 5.77. The summed E-state index contributed by atoms with van der Waals surface area (Å²) in [6.45, 7) is 4.42. The molecule has 5 nitrogen and oxygen atoms in total. The number of carboxylic acid groups (broad SMARTS) is 1. The standard InChI is InChI=1S/C15H21NO4/c1-14(2,13(19)20)9-12(18)16-15(3,10-17)11-7-5-4-6-8-11/h4-8,17H,9-10H2,1-3H3,(H,16,18)(H,19,20). The van der Waals surface area contributed by atoms with Crippen LogP contribution in [0.1, 0.15) is 32.8 Å². The summed E-state index contributed by atoms with van der Waals surface area (Å²) < 4.78 is 0. The van der Waals surface area contributed by atoms with Crippen molar-refractivity contribution in [3.63, 3.8) is 0 Å². The zero-order valence-corrected chi connectivity index (χ0v) is 12.0. The lowest BCUT2D eigenvalue weighted by atomic mass is 9.87. The van der Waals surface area contributed by atoms with Gasteiger partial charge >= 0.3 is 5.97 Å². The monoisotopic (exact) mass is 279 g/mol. The molecule has 0 aliphatic heterocycles. The van der Waals surface area contributed by atoms with Gasteiger partial charge in [-0.2, -0.15) is 0 Å². The molecule has 1 unspecified atom stereocenters. The molecule has 1 aromatic rings. The summed E-state index contributed by atoms with van der Waals surface area (Å²) in [4.78, 5) is 23.1. The molecule has 0 spiro atoms. The number of nitrogens with one attached hydrogen (secondary N) is 1. The van der Waals surface area contributed by atoms with Gasteiger partial charge in [-0.05, 0) is 26.3 Å². The van der Waals surface area contributed by atoms with Crippen molar-refractivity contribution in [3.05, 3.63) is 35.9 Å². The Balaban J connectivity index is 2.84. The fraction of sp³-hybridized carbons (Fsp3) is 0.467. The highest BCUT2D eigenvalue weighted by Gasteiger charge is 2.34. The molecule has 1 rings (SSSR count). The Labute approximate surface area is 118 Å². The van der Waals surface area contributed by atoms with Crippen molar-refractivity contribution in [3.8, 4) is 0 Å². The predicted octanol–water partition coefficient (Wildman–Crippen LogP) is 1.51. The third-order valence-electron chi connectivity index (χ3n) is 3.32. The Kier molecular flexibility index (Phi) is 4.89. The molecule has 20 heavy (non-hydrogen) atoms. The average molecular weight is 279 g/mol. The summed E-state index contributed by atoms with van der Waals surface area (Å²) >= 11 is 0. The van der Waals surface area contributed by atoms with E-state index in [2.05, 4.69) is 5.32 Å². The van der Waals surface area contributed by atoms with Gasteiger partial charge in [-0.15, -0.1) is 0 Å². The molecule has 0 fully saturated rings. The number of carbonyl (C=O) groups is 2. The highest BCUT2D eigenvalue weighted by Crippen LogP contribution is 2.24. The maximum atomic E-state index is 12.0. The molecule has 110 valence electrons. The van der Waals surface area contributed by atoms with E-state index in [1.54, 1.807) is 19.1 Å². The Morgan fingerprint density at radius 3 is 2.15 bits per heavy atom. The third kappa shape index (κ3) is 3.81. The van der Waals surface area contributed by atoms with Crippen molar-refractivity contribution in [2.24, 2.45) is 5.41 Å². The van der Waals surface area contributed by atoms with Gasteiger partial charge in [0.15, 0.2) is 0 Å². The summed E-state index contributed by atoms with van der Waals surface area (Å²) in [5.74, 6) is -1.43. The molecular weight excluding hydrogens is 258 g/mol. The summed E-state index contributed by atoms with van der Waals surface area (Å²) in [6.07, 6.45) is -0.148. The van der Waals surface area contributed by atoms with Crippen LogP contribution in [0.2, 0.25) is 0 Å². The number of aliphatic hydroxyl groups is 1. The summed E-state index contributed by atoms with van der Waals surface area (Å²) in [7, 11) is 0. The quantitative estimate of drug-likeness (QED) is 0.736. The number of amides is 1. The van der Waals surface area contributed by atoms with Crippen molar-refractivity contribution in [1.29, 1.82) is 0 Å². The molecule has 0 saturated heterocycles. The number of hydrogen-bond acceptors (Lipinski definition) is 3. The molecule has 0 bridgehead atoms. The molecule has 0 aliphatic rings. The minimum atomic E-state index is -1.14. The van der Waals surface area contributed by atoms with E-state index >= 15 is 0 Å². The van der Waals surface area contributed by atoms with E-state index < -0.39 is 22.8 Å². The van der Waals surface area contributed by atoms with Crippen molar-refractivity contribution in [1.82, 2.24) is 5.32 Å². The average Bonchev–Trinajstić information content (AvgIpc) is 2.38. The molecule has 1 aromatic carbocycles. The van der Waals surface area contributed by atoms with Crippen LogP contribution in [-0.4, -0.2) is 28.7 Å². The lowest BCUT2D eigenvalue weighted by Gasteiger charge is -2.30. The van der Waals surface area contributed by atoms with Gasteiger partial charge in [0.25, 0.3) is 0 Å². The lowest BCUT2D eigenvalue weighted by molar-refractivity contribution is -0.149. The first-order chi connectivity index (χ1) is 9.21. The fourth-order valence-corrected chi connectivity index (χ4v) is 1.84. The number of benzene rings is 1. The van der Waals surface area contributed by atoms with E-state index in [0.29, 0.717) is 0 Å². The van der Waals surface area contributed by atoms with Crippen LogP contribution in [0.25, 0.3) is 0 Å². The van der Waals surface area contributed by atoms with Crippen LogP contribution in [0, 0.1) is 5.41 Å². The lowest BCUT2D eigenvalue weighted by Crippen LogP contribution is -2.47. The first-order valence-electron chi connectivity index (χ1n) is 6.42. The molecule has 3 N–H and O–H groups in total. The zero-order chi connectivity index (χ0) is 15.4. The van der Waals surface area contributed by atoms with Gasteiger partial charge in [0.1, 0.15) is 0 Å². The van der Waals surface area contributed by atoms with Crippen LogP contribution < -0.4 is 5.32 Å². The van der Waals surface area contributed by atoms with E-state index in [1.165, 1.54) is 13.8 Å². The molecule has 1 atom stereocenters. The van der Waals surface area contributed by atoms with Crippen molar-refractivity contribution in [2.75, 3.05) is 6.61 Å². The van der Waals surface area contributed by atoms with E-state index in [0.717, 1.165) is 5.56 Å². The molecule has 0 heterocycles. The number of aliphatic hydroxyl groups excluding tert-OH is 1. The second kappa shape index (κ2) is 6.05. The number of hydrogen-bond donors (Lipinski definition) is 3. The topological polar surface area (TPSA) is 86.6 Å². The fourth-order valence-electron chi connectivity index (χ4n) is 1.84. The maximum Gasteiger partial charge on any atom is 0.309 e. The van der Waals surface area contributed by atoms with Gasteiger partial charge in [0.2, 0.25) is 5.91 Å². The van der Waals surface area contributed by atoms with Crippen LogP contribution in [-0.2, 0) is 15.1 Å². The molecule has 0 aliphatic carbocycles. The van der Waals surface area contributed by atoms with Crippen molar-refractivity contribution in [2.45, 2.75) is 32.7 Å². The first kappa shape index (κ1) is 16.2. The van der Waals surface area contributed by atoms with Crippen LogP contribution in [0.5, 0.6) is 0 Å². The van der Waals surface area contributed by atoms with Gasteiger partial charge in [-0.1, -0.05) is 30.3 Å². The second-order valence-electron chi connectivity index (χ2n) is 5.77. The predicted molar refractivity (Wildman–Crippen MR) is 75.1 cm³/mol. The summed E-state index contributed by atoms with van der Waals surface area (Å²) in [6, 6.07) is 9.08. The van der Waals surface area contributed by atoms with Gasteiger partial charge in [0.05, 0.1) is 17.6 Å². The van der Waals surface area contributed by atoms with Gasteiger partial charge in [-0.3, -0.25) is 9.59 Å². The van der Waals surface area contributed by atoms with Crippen molar-refractivity contribution < 1.29 is 19.8 Å². The molecule has 0 radical (unpaired) electrons. The Morgan fingerprint density at radius 2 is 1.70 bits per heavy atom. The normalized spacial score (nSPS) is 14.4. The first-order valence-corrected chi connectivity index (χ1v) is 6.42. The number of rotatable bonds is 6. The van der Waals surface area contributed by atoms with E-state index in [4.69, 9.17) is 5.11 Å². The van der Waals surface area contributed by atoms with Gasteiger partial charge < -0.3 is 15.5 Å². The number of carboxylic acids is 1. The Bertz CT molecular complexity index is 484. The Hall–Kier alpha value is -1.88. The third-order valence-corrected chi connectivity index (χ3v) is 3.32. The SMILES string of the molecule is CC(C)(CC(=O)NC(C)(CO)c1ccccc1)C(=O)O. The summed E-state index contributed by atoms with van der Waals surface area (Å²) in [5.41, 5.74) is -1.30. The van der Waals surface area contributed by atoms with E-state index in [9.17, 15) is 14.7 Å².